The molecule has 1 saturated heterocycles. The summed E-state index contributed by atoms with van der Waals surface area (Å²) in [6.07, 6.45) is -0.794. The number of anilines is 1. The number of rotatable bonds is 1. The van der Waals surface area contributed by atoms with Gasteiger partial charge < -0.3 is 10.2 Å². The number of piperidine rings is 1. The Bertz CT molecular complexity index is 436. The van der Waals surface area contributed by atoms with E-state index in [1.165, 1.54) is 11.1 Å². The Kier molecular flexibility index (Phi) is 3.92. The normalized spacial score (nSPS) is 20.2. The highest BCUT2D eigenvalue weighted by Gasteiger charge is 2.42. The van der Waals surface area contributed by atoms with Crippen LogP contribution in [0.2, 0.25) is 0 Å². The first-order valence-corrected chi connectivity index (χ1v) is 5.99. The zero-order valence-electron chi connectivity index (χ0n) is 10.2. The van der Waals surface area contributed by atoms with Gasteiger partial charge in [-0.25, -0.2) is 4.79 Å². The van der Waals surface area contributed by atoms with Crippen molar-refractivity contribution in [3.8, 4) is 0 Å². The molecule has 4 nitrogen and oxygen atoms in total. The van der Waals surface area contributed by atoms with Crippen LogP contribution in [-0.4, -0.2) is 35.2 Å². The third-order valence-corrected chi connectivity index (χ3v) is 3.08. The highest BCUT2D eigenvalue weighted by molar-refractivity contribution is 5.89. The first kappa shape index (κ1) is 13.6. The Morgan fingerprint density at radius 1 is 1.47 bits per heavy atom. The average molecular weight is 273 g/mol. The van der Waals surface area contributed by atoms with Gasteiger partial charge in [0.2, 0.25) is 0 Å². The van der Waals surface area contributed by atoms with Crippen molar-refractivity contribution in [1.29, 1.82) is 0 Å². The van der Waals surface area contributed by atoms with Gasteiger partial charge in [0.25, 0.3) is 0 Å². The molecule has 1 unspecified atom stereocenters. The monoisotopic (exact) mass is 273 g/mol. The first-order chi connectivity index (χ1) is 8.97. The van der Waals surface area contributed by atoms with Crippen LogP contribution < -0.4 is 5.32 Å². The van der Waals surface area contributed by atoms with Crippen molar-refractivity contribution in [3.05, 3.63) is 24.5 Å². The largest absolute Gasteiger partial charge is 0.393 e. The van der Waals surface area contributed by atoms with E-state index in [1.807, 2.05) is 0 Å². The van der Waals surface area contributed by atoms with E-state index < -0.39 is 18.1 Å². The molecule has 0 spiro atoms. The Morgan fingerprint density at radius 2 is 2.26 bits per heavy atom. The van der Waals surface area contributed by atoms with E-state index in [2.05, 4.69) is 10.3 Å². The van der Waals surface area contributed by atoms with Gasteiger partial charge in [-0.1, -0.05) is 0 Å². The number of carbonyl (C=O) groups is 1. The predicted octanol–water partition coefficient (Wildman–Crippen LogP) is 2.89. The highest BCUT2D eigenvalue weighted by Crippen LogP contribution is 2.33. The number of alkyl halides is 3. The Balaban J connectivity index is 1.96. The number of hydrogen-bond acceptors (Lipinski definition) is 2. The lowest BCUT2D eigenvalue weighted by Gasteiger charge is -2.33. The van der Waals surface area contributed by atoms with Crippen molar-refractivity contribution >= 4 is 11.7 Å². The number of pyridine rings is 1. The lowest BCUT2D eigenvalue weighted by molar-refractivity contribution is -0.183. The van der Waals surface area contributed by atoms with Crippen LogP contribution in [0.25, 0.3) is 0 Å². The minimum absolute atomic E-state index is 0.0835. The van der Waals surface area contributed by atoms with Crippen LogP contribution >= 0.6 is 0 Å². The van der Waals surface area contributed by atoms with Crippen LogP contribution in [0, 0.1) is 5.92 Å². The minimum atomic E-state index is -4.24. The van der Waals surface area contributed by atoms with Crippen LogP contribution in [0.5, 0.6) is 0 Å². The van der Waals surface area contributed by atoms with Crippen molar-refractivity contribution in [3.63, 3.8) is 0 Å². The molecule has 7 heteroatoms. The van der Waals surface area contributed by atoms with Gasteiger partial charge in [-0.15, -0.1) is 0 Å². The smallest absolute Gasteiger partial charge is 0.324 e. The number of aromatic nitrogens is 1. The molecule has 2 heterocycles. The number of nitrogens with one attached hydrogen (secondary N) is 1. The molecule has 104 valence electrons. The predicted molar refractivity (Wildman–Crippen MR) is 63.6 cm³/mol. The molecule has 1 atom stereocenters. The van der Waals surface area contributed by atoms with Gasteiger partial charge in [0.1, 0.15) is 0 Å². The van der Waals surface area contributed by atoms with Gasteiger partial charge in [-0.05, 0) is 25.0 Å². The number of nitrogens with zero attached hydrogens (tertiary/aromatic N) is 2. The maximum atomic E-state index is 12.6. The SMILES string of the molecule is O=C(Nc1cccnc1)N1CCCC(C(F)(F)F)C1. The maximum Gasteiger partial charge on any atom is 0.393 e. The molecular weight excluding hydrogens is 259 g/mol. The van der Waals surface area contributed by atoms with E-state index in [-0.39, 0.29) is 13.0 Å². The van der Waals surface area contributed by atoms with E-state index in [1.54, 1.807) is 18.3 Å². The van der Waals surface area contributed by atoms with E-state index in [4.69, 9.17) is 0 Å². The highest BCUT2D eigenvalue weighted by atomic mass is 19.4. The molecule has 1 fully saturated rings. The summed E-state index contributed by atoms with van der Waals surface area (Å²) in [5, 5.41) is 2.54. The molecule has 0 radical (unpaired) electrons. The lowest BCUT2D eigenvalue weighted by atomic mass is 9.98. The van der Waals surface area contributed by atoms with Gasteiger partial charge >= 0.3 is 12.2 Å². The molecule has 1 aliphatic heterocycles. The average Bonchev–Trinajstić information content (AvgIpc) is 2.39. The van der Waals surface area contributed by atoms with Crippen molar-refractivity contribution < 1.29 is 18.0 Å². The van der Waals surface area contributed by atoms with Crippen LogP contribution in [-0.2, 0) is 0 Å². The van der Waals surface area contributed by atoms with Crippen LogP contribution in [0.4, 0.5) is 23.7 Å². The maximum absolute atomic E-state index is 12.6. The number of urea groups is 1. The van der Waals surface area contributed by atoms with Gasteiger partial charge in [-0.2, -0.15) is 13.2 Å². The second kappa shape index (κ2) is 5.46. The number of likely N-dealkylation sites (tertiary alicyclic amines) is 1. The van der Waals surface area contributed by atoms with E-state index in [0.29, 0.717) is 18.7 Å². The summed E-state index contributed by atoms with van der Waals surface area (Å²) >= 11 is 0. The molecule has 1 aromatic rings. The van der Waals surface area contributed by atoms with Gasteiger partial charge in [0, 0.05) is 19.3 Å². The van der Waals surface area contributed by atoms with Crippen molar-refractivity contribution in [2.45, 2.75) is 19.0 Å². The fourth-order valence-electron chi connectivity index (χ4n) is 2.07. The topological polar surface area (TPSA) is 45.2 Å². The summed E-state index contributed by atoms with van der Waals surface area (Å²) in [6, 6.07) is 2.77. The number of hydrogen-bond donors (Lipinski definition) is 1. The number of amides is 2. The molecule has 1 aromatic heterocycles. The molecule has 19 heavy (non-hydrogen) atoms. The molecule has 2 rings (SSSR count). The third-order valence-electron chi connectivity index (χ3n) is 3.08. The summed E-state index contributed by atoms with van der Waals surface area (Å²) in [4.78, 5) is 16.9. The molecule has 0 aliphatic carbocycles. The second-order valence-corrected chi connectivity index (χ2v) is 4.50. The molecule has 0 saturated carbocycles. The molecule has 2 amide bonds. The van der Waals surface area contributed by atoms with Gasteiger partial charge in [0.05, 0.1) is 17.8 Å². The van der Waals surface area contributed by atoms with Crippen LogP contribution in [0.1, 0.15) is 12.8 Å². The van der Waals surface area contributed by atoms with Crippen molar-refractivity contribution in [2.75, 3.05) is 18.4 Å². The number of halogens is 3. The van der Waals surface area contributed by atoms with E-state index >= 15 is 0 Å². The summed E-state index contributed by atoms with van der Waals surface area (Å²) in [5.41, 5.74) is 0.474. The van der Waals surface area contributed by atoms with Crippen LogP contribution in [0.15, 0.2) is 24.5 Å². The molecular formula is C12H14F3N3O. The first-order valence-electron chi connectivity index (χ1n) is 5.99. The summed E-state index contributed by atoms with van der Waals surface area (Å²) in [5.74, 6) is -1.43. The second-order valence-electron chi connectivity index (χ2n) is 4.50. The van der Waals surface area contributed by atoms with Crippen LogP contribution in [0.3, 0.4) is 0 Å². The van der Waals surface area contributed by atoms with Gasteiger partial charge in [-0.3, -0.25) is 4.98 Å². The summed E-state index contributed by atoms with van der Waals surface area (Å²) in [7, 11) is 0. The lowest BCUT2D eigenvalue weighted by Crippen LogP contribution is -2.46. The third kappa shape index (κ3) is 3.59. The Morgan fingerprint density at radius 3 is 2.89 bits per heavy atom. The van der Waals surface area contributed by atoms with E-state index in [9.17, 15) is 18.0 Å². The Hall–Kier alpha value is -1.79. The zero-order valence-corrected chi connectivity index (χ0v) is 10.2. The number of carbonyl (C=O) groups excluding carboxylic acids is 1. The Labute approximate surface area is 108 Å². The quantitative estimate of drug-likeness (QED) is 0.855. The molecule has 1 N–H and O–H groups in total. The zero-order chi connectivity index (χ0) is 13.9. The summed E-state index contributed by atoms with van der Waals surface area (Å²) < 4.78 is 37.9. The van der Waals surface area contributed by atoms with Crippen molar-refractivity contribution in [2.24, 2.45) is 5.92 Å². The molecule has 1 aliphatic rings. The van der Waals surface area contributed by atoms with E-state index in [0.717, 1.165) is 0 Å². The minimum Gasteiger partial charge on any atom is -0.324 e. The molecule has 0 aromatic carbocycles. The van der Waals surface area contributed by atoms with Gasteiger partial charge in [0.15, 0.2) is 0 Å². The van der Waals surface area contributed by atoms with Crippen molar-refractivity contribution in [1.82, 2.24) is 9.88 Å². The fraction of sp³-hybridized carbons (Fsp3) is 0.500. The standard InChI is InChI=1S/C12H14F3N3O/c13-12(14,15)9-3-2-6-18(8-9)11(19)17-10-4-1-5-16-7-10/h1,4-5,7,9H,2-3,6,8H2,(H,17,19). The summed E-state index contributed by atoms with van der Waals surface area (Å²) in [6.45, 7) is 0.0638. The molecule has 0 bridgehead atoms. The fourth-order valence-corrected chi connectivity index (χ4v) is 2.07.